The van der Waals surface area contributed by atoms with Crippen LogP contribution in [0.5, 0.6) is 0 Å². The lowest BCUT2D eigenvalue weighted by Gasteiger charge is -2.08. The van der Waals surface area contributed by atoms with E-state index in [-0.39, 0.29) is 23.8 Å². The van der Waals surface area contributed by atoms with E-state index in [0.29, 0.717) is 29.4 Å². The summed E-state index contributed by atoms with van der Waals surface area (Å²) in [5.74, 6) is -0.472. The molecular formula is C17H16N4O3S. The second kappa shape index (κ2) is 7.71. The maximum absolute atomic E-state index is 12.3. The van der Waals surface area contributed by atoms with Gasteiger partial charge in [-0.2, -0.15) is 11.3 Å². The van der Waals surface area contributed by atoms with Crippen molar-refractivity contribution in [2.45, 2.75) is 12.8 Å². The summed E-state index contributed by atoms with van der Waals surface area (Å²) in [5.41, 5.74) is 3.37. The molecule has 0 saturated heterocycles. The lowest BCUT2D eigenvalue weighted by molar-refractivity contribution is -0.117. The molecule has 0 radical (unpaired) electrons. The van der Waals surface area contributed by atoms with Crippen LogP contribution in [0.25, 0.3) is 10.9 Å². The molecule has 0 atom stereocenters. The molecule has 3 aromatic rings. The first-order valence-corrected chi connectivity index (χ1v) is 8.66. The molecule has 0 aliphatic heterocycles. The highest BCUT2D eigenvalue weighted by Crippen LogP contribution is 2.05. The molecule has 3 rings (SSSR count). The van der Waals surface area contributed by atoms with Crippen LogP contribution in [0.15, 0.2) is 52.2 Å². The van der Waals surface area contributed by atoms with E-state index in [1.165, 1.54) is 17.7 Å². The van der Waals surface area contributed by atoms with Crippen molar-refractivity contribution >= 4 is 34.1 Å². The summed E-state index contributed by atoms with van der Waals surface area (Å²) in [6.07, 6.45) is 1.95. The predicted molar refractivity (Wildman–Crippen MR) is 96.3 cm³/mol. The molecule has 0 aliphatic rings. The molecular weight excluding hydrogens is 340 g/mol. The number of rotatable bonds is 6. The van der Waals surface area contributed by atoms with Gasteiger partial charge in [-0.3, -0.25) is 19.8 Å². The summed E-state index contributed by atoms with van der Waals surface area (Å²) in [4.78, 5) is 40.1. The van der Waals surface area contributed by atoms with Crippen molar-refractivity contribution < 1.29 is 9.59 Å². The third kappa shape index (κ3) is 4.10. The number of carbonyl (C=O) groups excluding carboxylic acids is 2. The van der Waals surface area contributed by atoms with Crippen molar-refractivity contribution in [1.82, 2.24) is 15.0 Å². The average Bonchev–Trinajstić information content (AvgIpc) is 3.16. The Labute approximate surface area is 147 Å². The predicted octanol–water partition coefficient (Wildman–Crippen LogP) is 1.74. The van der Waals surface area contributed by atoms with Gasteiger partial charge in [0, 0.05) is 23.9 Å². The van der Waals surface area contributed by atoms with Crippen LogP contribution in [-0.2, 0) is 4.79 Å². The van der Waals surface area contributed by atoms with E-state index < -0.39 is 0 Å². The quantitative estimate of drug-likeness (QED) is 0.658. The summed E-state index contributed by atoms with van der Waals surface area (Å²) < 4.78 is 1.08. The van der Waals surface area contributed by atoms with Gasteiger partial charge < -0.3 is 5.32 Å². The number of thiophene rings is 1. The van der Waals surface area contributed by atoms with Crippen LogP contribution < -0.4 is 16.3 Å². The maximum Gasteiger partial charge on any atom is 0.280 e. The Morgan fingerprint density at radius 3 is 2.84 bits per heavy atom. The molecule has 2 amide bonds. The third-order valence-corrected chi connectivity index (χ3v) is 4.24. The molecule has 2 heterocycles. The Bertz CT molecular complexity index is 950. The molecule has 25 heavy (non-hydrogen) atoms. The van der Waals surface area contributed by atoms with Gasteiger partial charge in [-0.15, -0.1) is 0 Å². The van der Waals surface area contributed by atoms with Crippen molar-refractivity contribution in [3.05, 3.63) is 63.3 Å². The minimum absolute atomic E-state index is 0.156. The molecule has 0 spiro atoms. The number of carbonyl (C=O) groups is 2. The number of benzene rings is 1. The average molecular weight is 356 g/mol. The fourth-order valence-electron chi connectivity index (χ4n) is 2.29. The van der Waals surface area contributed by atoms with E-state index >= 15 is 0 Å². The maximum atomic E-state index is 12.3. The van der Waals surface area contributed by atoms with Gasteiger partial charge in [-0.1, -0.05) is 12.1 Å². The minimum Gasteiger partial charge on any atom is -0.352 e. The van der Waals surface area contributed by atoms with E-state index in [4.69, 9.17) is 0 Å². The Morgan fingerprint density at radius 2 is 2.04 bits per heavy atom. The van der Waals surface area contributed by atoms with Gasteiger partial charge in [0.1, 0.15) is 6.33 Å². The van der Waals surface area contributed by atoms with Crippen LogP contribution in [0.4, 0.5) is 0 Å². The van der Waals surface area contributed by atoms with Crippen molar-refractivity contribution in [2.75, 3.05) is 12.0 Å². The number of amides is 2. The van der Waals surface area contributed by atoms with Crippen LogP contribution in [0.3, 0.4) is 0 Å². The van der Waals surface area contributed by atoms with Crippen LogP contribution >= 0.6 is 11.3 Å². The number of para-hydroxylation sites is 1. The zero-order valence-electron chi connectivity index (χ0n) is 13.3. The number of fused-ring (bicyclic) bond motifs is 1. The van der Waals surface area contributed by atoms with E-state index in [1.54, 1.807) is 35.7 Å². The normalized spacial score (nSPS) is 10.6. The van der Waals surface area contributed by atoms with Crippen molar-refractivity contribution in [2.24, 2.45) is 0 Å². The van der Waals surface area contributed by atoms with Crippen LogP contribution in [-0.4, -0.2) is 28.0 Å². The molecule has 0 aliphatic carbocycles. The van der Waals surface area contributed by atoms with E-state index in [9.17, 15) is 14.4 Å². The first-order valence-electron chi connectivity index (χ1n) is 7.72. The lowest BCUT2D eigenvalue weighted by Crippen LogP contribution is -2.33. The van der Waals surface area contributed by atoms with Crippen molar-refractivity contribution in [1.29, 1.82) is 0 Å². The summed E-state index contributed by atoms with van der Waals surface area (Å²) in [6, 6.07) is 8.67. The fourth-order valence-corrected chi connectivity index (χ4v) is 2.92. The molecule has 0 saturated carbocycles. The molecule has 1 aromatic carbocycles. The first kappa shape index (κ1) is 16.8. The second-order valence-corrected chi connectivity index (χ2v) is 6.12. The van der Waals surface area contributed by atoms with Gasteiger partial charge in [0.15, 0.2) is 0 Å². The molecule has 128 valence electrons. The lowest BCUT2D eigenvalue weighted by atomic mass is 10.2. The zero-order valence-corrected chi connectivity index (χ0v) is 14.1. The fraction of sp³-hybridized carbons (Fsp3) is 0.176. The topological polar surface area (TPSA) is 93.1 Å². The van der Waals surface area contributed by atoms with E-state index in [2.05, 4.69) is 15.7 Å². The Balaban J connectivity index is 1.50. The van der Waals surface area contributed by atoms with Gasteiger partial charge in [0.2, 0.25) is 5.91 Å². The summed E-state index contributed by atoms with van der Waals surface area (Å²) in [7, 11) is 0. The van der Waals surface area contributed by atoms with E-state index in [0.717, 1.165) is 4.68 Å². The highest BCUT2D eigenvalue weighted by Gasteiger charge is 2.08. The number of hydrogen-bond acceptors (Lipinski definition) is 5. The number of aromatic nitrogens is 2. The van der Waals surface area contributed by atoms with Gasteiger partial charge in [0.05, 0.1) is 10.9 Å². The standard InChI is InChI=1S/C17H16N4O3S/c22-15(6-3-8-18-16(23)12-7-9-25-10-12)20-21-11-19-14-5-2-1-4-13(14)17(21)24/h1-2,4-5,7,9-11H,3,6,8H2,(H,18,23)(H,20,22). The van der Waals surface area contributed by atoms with Crippen molar-refractivity contribution in [3.8, 4) is 0 Å². The second-order valence-electron chi connectivity index (χ2n) is 5.34. The summed E-state index contributed by atoms with van der Waals surface area (Å²) in [5, 5.41) is 6.78. The largest absolute Gasteiger partial charge is 0.352 e. The molecule has 8 heteroatoms. The monoisotopic (exact) mass is 356 g/mol. The molecule has 0 bridgehead atoms. The van der Waals surface area contributed by atoms with Crippen LogP contribution in [0, 0.1) is 0 Å². The van der Waals surface area contributed by atoms with Gasteiger partial charge in [-0.25, -0.2) is 9.66 Å². The van der Waals surface area contributed by atoms with Gasteiger partial charge in [0.25, 0.3) is 11.5 Å². The Kier molecular flexibility index (Phi) is 5.20. The third-order valence-electron chi connectivity index (χ3n) is 3.56. The number of nitrogens with one attached hydrogen (secondary N) is 2. The number of nitrogens with zero attached hydrogens (tertiary/aromatic N) is 2. The molecule has 7 nitrogen and oxygen atoms in total. The van der Waals surface area contributed by atoms with Crippen LogP contribution in [0.1, 0.15) is 23.2 Å². The smallest absolute Gasteiger partial charge is 0.280 e. The first-order chi connectivity index (χ1) is 12.1. The van der Waals surface area contributed by atoms with Gasteiger partial charge >= 0.3 is 0 Å². The summed E-state index contributed by atoms with van der Waals surface area (Å²) in [6.45, 7) is 0.382. The van der Waals surface area contributed by atoms with Gasteiger partial charge in [-0.05, 0) is 30.0 Å². The molecule has 2 N–H and O–H groups in total. The Morgan fingerprint density at radius 1 is 1.20 bits per heavy atom. The SMILES string of the molecule is O=C(CCCNC(=O)c1ccsc1)Nn1cnc2ccccc2c1=O. The zero-order chi connectivity index (χ0) is 17.6. The van der Waals surface area contributed by atoms with E-state index in [1.807, 2.05) is 5.38 Å². The Hall–Kier alpha value is -3.00. The van der Waals surface area contributed by atoms with Crippen molar-refractivity contribution in [3.63, 3.8) is 0 Å². The molecule has 2 aromatic heterocycles. The summed E-state index contributed by atoms with van der Waals surface area (Å²) >= 11 is 1.45. The number of hydrogen-bond donors (Lipinski definition) is 2. The molecule has 0 fully saturated rings. The highest BCUT2D eigenvalue weighted by atomic mass is 32.1. The highest BCUT2D eigenvalue weighted by molar-refractivity contribution is 7.08. The minimum atomic E-state index is -0.329. The molecule has 0 unspecified atom stereocenters. The van der Waals surface area contributed by atoms with Crippen LogP contribution in [0.2, 0.25) is 0 Å².